The van der Waals surface area contributed by atoms with Gasteiger partial charge >= 0.3 is 0 Å². The predicted octanol–water partition coefficient (Wildman–Crippen LogP) is 1.83. The Kier molecular flexibility index (Phi) is 5.18. The molecule has 2 aliphatic rings. The van der Waals surface area contributed by atoms with Crippen LogP contribution in [0.2, 0.25) is 0 Å². The molecule has 22 heavy (non-hydrogen) atoms. The number of thioether (sulfide) groups is 1. The smallest absolute Gasteiger partial charge is 0.219 e. The van der Waals surface area contributed by atoms with Crippen molar-refractivity contribution in [1.29, 1.82) is 0 Å². The van der Waals surface area contributed by atoms with E-state index in [1.54, 1.807) is 6.92 Å². The van der Waals surface area contributed by atoms with Crippen LogP contribution in [0.3, 0.4) is 0 Å². The normalized spacial score (nSPS) is 22.7. The summed E-state index contributed by atoms with van der Waals surface area (Å²) in [5.41, 5.74) is 1.05. The van der Waals surface area contributed by atoms with Crippen molar-refractivity contribution in [1.82, 2.24) is 15.1 Å². The fraction of sp³-hybridized carbons (Fsp3) is 0.688. The van der Waals surface area contributed by atoms with Gasteiger partial charge in [0.15, 0.2) is 5.82 Å². The number of aromatic nitrogens is 2. The summed E-state index contributed by atoms with van der Waals surface area (Å²) in [6.45, 7) is 5.56. The van der Waals surface area contributed by atoms with Crippen LogP contribution in [0.25, 0.3) is 0 Å². The van der Waals surface area contributed by atoms with Crippen LogP contribution in [0.15, 0.2) is 12.1 Å². The standard InChI is InChI=1S/C16H24N4OS/c1-13(21)20-6-2-3-14(12-20)11-15-4-5-16(18-17-15)19-7-9-22-10-8-19/h4-5,14H,2-3,6-12H2,1H3/t14-/m1/s1. The van der Waals surface area contributed by atoms with E-state index in [4.69, 9.17) is 0 Å². The van der Waals surface area contributed by atoms with Gasteiger partial charge in [0.05, 0.1) is 5.69 Å². The molecule has 2 saturated heterocycles. The number of hydrogen-bond acceptors (Lipinski definition) is 5. The maximum atomic E-state index is 11.5. The van der Waals surface area contributed by atoms with Gasteiger partial charge in [-0.25, -0.2) is 0 Å². The number of rotatable bonds is 3. The molecule has 0 radical (unpaired) electrons. The van der Waals surface area contributed by atoms with Crippen molar-refractivity contribution in [2.24, 2.45) is 5.92 Å². The first-order chi connectivity index (χ1) is 10.7. The molecule has 0 spiro atoms. The molecule has 0 saturated carbocycles. The number of piperidine rings is 1. The van der Waals surface area contributed by atoms with E-state index in [2.05, 4.69) is 27.2 Å². The van der Waals surface area contributed by atoms with E-state index in [0.717, 1.165) is 50.5 Å². The molecule has 3 rings (SSSR count). The molecule has 120 valence electrons. The van der Waals surface area contributed by atoms with Crippen LogP contribution < -0.4 is 4.90 Å². The fourth-order valence-electron chi connectivity index (χ4n) is 3.24. The quantitative estimate of drug-likeness (QED) is 0.850. The topological polar surface area (TPSA) is 49.3 Å². The molecule has 0 N–H and O–H groups in total. The lowest BCUT2D eigenvalue weighted by Crippen LogP contribution is -2.39. The summed E-state index contributed by atoms with van der Waals surface area (Å²) in [4.78, 5) is 15.8. The Morgan fingerprint density at radius 3 is 2.77 bits per heavy atom. The van der Waals surface area contributed by atoms with Gasteiger partial charge in [0.1, 0.15) is 0 Å². The number of nitrogens with zero attached hydrogens (tertiary/aromatic N) is 4. The van der Waals surface area contributed by atoms with E-state index in [-0.39, 0.29) is 5.91 Å². The van der Waals surface area contributed by atoms with E-state index in [1.165, 1.54) is 17.9 Å². The van der Waals surface area contributed by atoms with Crippen molar-refractivity contribution in [3.8, 4) is 0 Å². The van der Waals surface area contributed by atoms with Crippen LogP contribution in [-0.2, 0) is 11.2 Å². The molecule has 2 fully saturated rings. The summed E-state index contributed by atoms with van der Waals surface area (Å²) in [5, 5.41) is 8.82. The highest BCUT2D eigenvalue weighted by atomic mass is 32.2. The Balaban J connectivity index is 1.57. The van der Waals surface area contributed by atoms with Crippen molar-refractivity contribution in [2.45, 2.75) is 26.2 Å². The number of amides is 1. The molecule has 1 aromatic rings. The number of carbonyl (C=O) groups excluding carboxylic acids is 1. The number of carbonyl (C=O) groups is 1. The second-order valence-corrected chi connectivity index (χ2v) is 7.38. The summed E-state index contributed by atoms with van der Waals surface area (Å²) >= 11 is 2.00. The highest BCUT2D eigenvalue weighted by Gasteiger charge is 2.22. The molecule has 0 aromatic carbocycles. The van der Waals surface area contributed by atoms with E-state index >= 15 is 0 Å². The highest BCUT2D eigenvalue weighted by Crippen LogP contribution is 2.21. The van der Waals surface area contributed by atoms with Crippen LogP contribution in [0.1, 0.15) is 25.5 Å². The zero-order valence-corrected chi connectivity index (χ0v) is 14.0. The first kappa shape index (κ1) is 15.6. The minimum atomic E-state index is 0.189. The van der Waals surface area contributed by atoms with Crippen LogP contribution >= 0.6 is 11.8 Å². The number of likely N-dealkylation sites (tertiary alicyclic amines) is 1. The van der Waals surface area contributed by atoms with Crippen molar-refractivity contribution >= 4 is 23.5 Å². The van der Waals surface area contributed by atoms with Gasteiger partial charge < -0.3 is 9.80 Å². The number of hydrogen-bond donors (Lipinski definition) is 0. The van der Waals surface area contributed by atoms with Gasteiger partial charge in [-0.2, -0.15) is 16.9 Å². The van der Waals surface area contributed by atoms with Crippen molar-refractivity contribution in [2.75, 3.05) is 42.6 Å². The molecule has 0 aliphatic carbocycles. The second kappa shape index (κ2) is 7.31. The molecule has 6 heteroatoms. The fourth-order valence-corrected chi connectivity index (χ4v) is 4.14. The lowest BCUT2D eigenvalue weighted by atomic mass is 9.93. The van der Waals surface area contributed by atoms with Crippen molar-refractivity contribution < 1.29 is 4.79 Å². The van der Waals surface area contributed by atoms with E-state index in [0.29, 0.717) is 5.92 Å². The van der Waals surface area contributed by atoms with Crippen LogP contribution in [0, 0.1) is 5.92 Å². The van der Waals surface area contributed by atoms with Crippen molar-refractivity contribution in [3.63, 3.8) is 0 Å². The highest BCUT2D eigenvalue weighted by molar-refractivity contribution is 7.99. The minimum Gasteiger partial charge on any atom is -0.353 e. The predicted molar refractivity (Wildman–Crippen MR) is 90.3 cm³/mol. The van der Waals surface area contributed by atoms with Crippen LogP contribution in [-0.4, -0.2) is 58.7 Å². The third-order valence-electron chi connectivity index (χ3n) is 4.50. The van der Waals surface area contributed by atoms with Crippen LogP contribution in [0.5, 0.6) is 0 Å². The molecule has 5 nitrogen and oxygen atoms in total. The third kappa shape index (κ3) is 3.91. The molecule has 2 aliphatic heterocycles. The number of anilines is 1. The first-order valence-corrected chi connectivity index (χ1v) is 9.28. The Bertz CT molecular complexity index is 501. The zero-order chi connectivity index (χ0) is 15.4. The Hall–Kier alpha value is -1.30. The average molecular weight is 320 g/mol. The Morgan fingerprint density at radius 1 is 1.27 bits per heavy atom. The second-order valence-electron chi connectivity index (χ2n) is 6.16. The van der Waals surface area contributed by atoms with Gasteiger partial charge in [-0.3, -0.25) is 4.79 Å². The van der Waals surface area contributed by atoms with Gasteiger partial charge in [-0.05, 0) is 37.3 Å². The maximum Gasteiger partial charge on any atom is 0.219 e. The molecule has 1 aromatic heterocycles. The van der Waals surface area contributed by atoms with Gasteiger partial charge in [0, 0.05) is 44.6 Å². The SMILES string of the molecule is CC(=O)N1CCC[C@H](Cc2ccc(N3CCSCC3)nn2)C1. The molecular formula is C16H24N4OS. The first-order valence-electron chi connectivity index (χ1n) is 8.13. The van der Waals surface area contributed by atoms with Gasteiger partial charge in [-0.15, -0.1) is 5.10 Å². The minimum absolute atomic E-state index is 0.189. The lowest BCUT2D eigenvalue weighted by molar-refractivity contribution is -0.130. The Labute approximate surface area is 136 Å². The van der Waals surface area contributed by atoms with E-state index in [9.17, 15) is 4.79 Å². The molecule has 3 heterocycles. The third-order valence-corrected chi connectivity index (χ3v) is 5.45. The largest absolute Gasteiger partial charge is 0.353 e. The molecule has 1 atom stereocenters. The van der Waals surface area contributed by atoms with Gasteiger partial charge in [0.25, 0.3) is 0 Å². The summed E-state index contributed by atoms with van der Waals surface area (Å²) in [6.07, 6.45) is 3.20. The summed E-state index contributed by atoms with van der Waals surface area (Å²) in [7, 11) is 0. The zero-order valence-electron chi connectivity index (χ0n) is 13.2. The summed E-state index contributed by atoms with van der Waals surface area (Å²) in [6, 6.07) is 4.21. The van der Waals surface area contributed by atoms with Crippen molar-refractivity contribution in [3.05, 3.63) is 17.8 Å². The maximum absolute atomic E-state index is 11.5. The van der Waals surface area contributed by atoms with Gasteiger partial charge in [-0.1, -0.05) is 0 Å². The molecule has 0 bridgehead atoms. The van der Waals surface area contributed by atoms with E-state index in [1.807, 2.05) is 16.7 Å². The summed E-state index contributed by atoms with van der Waals surface area (Å²) < 4.78 is 0. The molecule has 0 unspecified atom stereocenters. The van der Waals surface area contributed by atoms with Crippen LogP contribution in [0.4, 0.5) is 5.82 Å². The van der Waals surface area contributed by atoms with E-state index < -0.39 is 0 Å². The summed E-state index contributed by atoms with van der Waals surface area (Å²) in [5.74, 6) is 4.05. The van der Waals surface area contributed by atoms with Gasteiger partial charge in [0.2, 0.25) is 5.91 Å². The lowest BCUT2D eigenvalue weighted by Gasteiger charge is -2.32. The Morgan fingerprint density at radius 2 is 2.09 bits per heavy atom. The average Bonchev–Trinajstić information content (AvgIpc) is 2.56. The molecular weight excluding hydrogens is 296 g/mol. The monoisotopic (exact) mass is 320 g/mol. The molecule has 1 amide bonds.